The maximum absolute atomic E-state index is 12.0. The molecule has 0 aromatic carbocycles. The summed E-state index contributed by atoms with van der Waals surface area (Å²) in [5.74, 6) is -0.376. The van der Waals surface area contributed by atoms with E-state index in [1.165, 1.54) is 0 Å². The molecule has 0 saturated heterocycles. The van der Waals surface area contributed by atoms with Crippen LogP contribution in [0, 0.1) is 0 Å². The van der Waals surface area contributed by atoms with E-state index in [9.17, 15) is 13.2 Å². The lowest BCUT2D eigenvalue weighted by atomic mass is 10.4. The molecule has 0 fully saturated rings. The lowest BCUT2D eigenvalue weighted by Gasteiger charge is -2.07. The largest absolute Gasteiger partial charge is 0.435 e. The molecule has 7 heteroatoms. The molecule has 0 amide bonds. The van der Waals surface area contributed by atoms with Gasteiger partial charge in [-0.2, -0.15) is 13.2 Å². The predicted octanol–water partition coefficient (Wildman–Crippen LogP) is 1.73. The molecule has 1 aromatic rings. The Kier molecular flexibility index (Phi) is 2.10. The van der Waals surface area contributed by atoms with Crippen LogP contribution in [0.4, 0.5) is 19.0 Å². The first-order valence-electron chi connectivity index (χ1n) is 2.76. The monoisotopic (exact) mass is 197 g/mol. The van der Waals surface area contributed by atoms with E-state index in [4.69, 9.17) is 17.3 Å². The Balaban J connectivity index is 3.26. The molecule has 0 aliphatic rings. The third kappa shape index (κ3) is 1.58. The van der Waals surface area contributed by atoms with Gasteiger partial charge in [0, 0.05) is 0 Å². The third-order valence-electron chi connectivity index (χ3n) is 1.08. The van der Waals surface area contributed by atoms with Crippen molar-refractivity contribution in [1.29, 1.82) is 0 Å². The Morgan fingerprint density at radius 1 is 1.33 bits per heavy atom. The van der Waals surface area contributed by atoms with Crippen LogP contribution < -0.4 is 5.73 Å². The SMILES string of the molecule is Nc1ncnc(C(F)(F)F)c1Cl. The number of aromatic nitrogens is 2. The Morgan fingerprint density at radius 2 is 1.92 bits per heavy atom. The van der Waals surface area contributed by atoms with Crippen molar-refractivity contribution in [3.63, 3.8) is 0 Å². The van der Waals surface area contributed by atoms with Crippen molar-refractivity contribution in [3.8, 4) is 0 Å². The van der Waals surface area contributed by atoms with Crippen molar-refractivity contribution in [2.45, 2.75) is 6.18 Å². The van der Waals surface area contributed by atoms with Gasteiger partial charge in [-0.3, -0.25) is 0 Å². The molecule has 0 radical (unpaired) electrons. The quantitative estimate of drug-likeness (QED) is 0.689. The van der Waals surface area contributed by atoms with Gasteiger partial charge in [-0.15, -0.1) is 0 Å². The zero-order valence-electron chi connectivity index (χ0n) is 5.56. The molecule has 1 heterocycles. The number of hydrogen-bond donors (Lipinski definition) is 1. The second-order valence-corrected chi connectivity index (χ2v) is 2.30. The average molecular weight is 198 g/mol. The summed E-state index contributed by atoms with van der Waals surface area (Å²) in [6.45, 7) is 0. The van der Waals surface area contributed by atoms with E-state index in [1.807, 2.05) is 0 Å². The smallest absolute Gasteiger partial charge is 0.382 e. The first-order valence-corrected chi connectivity index (χ1v) is 3.14. The number of nitrogens with zero attached hydrogens (tertiary/aromatic N) is 2. The van der Waals surface area contributed by atoms with Gasteiger partial charge in [-0.1, -0.05) is 11.6 Å². The van der Waals surface area contributed by atoms with Crippen LogP contribution >= 0.6 is 11.6 Å². The van der Waals surface area contributed by atoms with Gasteiger partial charge in [0.15, 0.2) is 5.69 Å². The zero-order valence-corrected chi connectivity index (χ0v) is 6.32. The molecular weight excluding hydrogens is 195 g/mol. The Morgan fingerprint density at radius 3 is 2.33 bits per heavy atom. The topological polar surface area (TPSA) is 51.8 Å². The Labute approximate surface area is 70.4 Å². The van der Waals surface area contributed by atoms with Crippen LogP contribution in [0.3, 0.4) is 0 Å². The van der Waals surface area contributed by atoms with Crippen LogP contribution in [0.15, 0.2) is 6.33 Å². The van der Waals surface area contributed by atoms with Crippen molar-refractivity contribution in [3.05, 3.63) is 17.0 Å². The van der Waals surface area contributed by atoms with Crippen LogP contribution in [-0.2, 0) is 6.18 Å². The van der Waals surface area contributed by atoms with E-state index >= 15 is 0 Å². The fraction of sp³-hybridized carbons (Fsp3) is 0.200. The molecular formula is C5H3ClF3N3. The van der Waals surface area contributed by atoms with Gasteiger partial charge in [-0.25, -0.2) is 9.97 Å². The molecule has 66 valence electrons. The minimum Gasteiger partial charge on any atom is -0.382 e. The number of anilines is 1. The van der Waals surface area contributed by atoms with Crippen LogP contribution in [0.25, 0.3) is 0 Å². The normalized spacial score (nSPS) is 11.7. The van der Waals surface area contributed by atoms with Crippen LogP contribution in [-0.4, -0.2) is 9.97 Å². The third-order valence-corrected chi connectivity index (χ3v) is 1.46. The summed E-state index contributed by atoms with van der Waals surface area (Å²) < 4.78 is 36.0. The fourth-order valence-electron chi connectivity index (χ4n) is 0.581. The molecule has 0 unspecified atom stereocenters. The molecule has 2 N–H and O–H groups in total. The summed E-state index contributed by atoms with van der Waals surface area (Å²) in [6.07, 6.45) is -3.88. The van der Waals surface area contributed by atoms with Crippen molar-refractivity contribution in [1.82, 2.24) is 9.97 Å². The van der Waals surface area contributed by atoms with Crippen LogP contribution in [0.1, 0.15) is 5.69 Å². The van der Waals surface area contributed by atoms with Gasteiger partial charge in [0.1, 0.15) is 17.2 Å². The fourth-order valence-corrected chi connectivity index (χ4v) is 0.786. The van der Waals surface area contributed by atoms with Gasteiger partial charge in [-0.05, 0) is 0 Å². The number of hydrogen-bond acceptors (Lipinski definition) is 3. The van der Waals surface area contributed by atoms with E-state index in [0.717, 1.165) is 0 Å². The summed E-state index contributed by atoms with van der Waals surface area (Å²) >= 11 is 5.21. The number of alkyl halides is 3. The van der Waals surface area contributed by atoms with E-state index in [-0.39, 0.29) is 5.82 Å². The summed E-state index contributed by atoms with van der Waals surface area (Å²) in [5, 5.41) is -0.662. The number of rotatable bonds is 0. The second kappa shape index (κ2) is 2.78. The Bertz CT molecular complexity index is 298. The van der Waals surface area contributed by atoms with Gasteiger partial charge in [0.2, 0.25) is 0 Å². The lowest BCUT2D eigenvalue weighted by Crippen LogP contribution is -2.10. The highest BCUT2D eigenvalue weighted by Gasteiger charge is 2.36. The zero-order chi connectivity index (χ0) is 9.35. The maximum atomic E-state index is 12.0. The van der Waals surface area contributed by atoms with E-state index < -0.39 is 16.9 Å². The molecule has 0 atom stereocenters. The molecule has 0 bridgehead atoms. The molecule has 0 spiro atoms. The highest BCUT2D eigenvalue weighted by atomic mass is 35.5. The highest BCUT2D eigenvalue weighted by molar-refractivity contribution is 6.33. The molecule has 0 aliphatic carbocycles. The molecule has 1 rings (SSSR count). The lowest BCUT2D eigenvalue weighted by molar-refractivity contribution is -0.141. The average Bonchev–Trinajstić information content (AvgIpc) is 1.92. The van der Waals surface area contributed by atoms with E-state index in [0.29, 0.717) is 6.33 Å². The summed E-state index contributed by atoms with van der Waals surface area (Å²) in [6, 6.07) is 0. The van der Waals surface area contributed by atoms with Crippen LogP contribution in [0.5, 0.6) is 0 Å². The first kappa shape index (κ1) is 9.05. The standard InChI is InChI=1S/C5H3ClF3N3/c6-2-3(5(7,8)9)11-1-12-4(2)10/h1H,(H2,10,11,12). The molecule has 0 saturated carbocycles. The van der Waals surface area contributed by atoms with Gasteiger partial charge in [0.25, 0.3) is 0 Å². The molecule has 1 aromatic heterocycles. The number of halogens is 4. The summed E-state index contributed by atoms with van der Waals surface area (Å²) in [7, 11) is 0. The van der Waals surface area contributed by atoms with Gasteiger partial charge in [0.05, 0.1) is 0 Å². The summed E-state index contributed by atoms with van der Waals surface area (Å²) in [5.41, 5.74) is 3.82. The van der Waals surface area contributed by atoms with Gasteiger partial charge >= 0.3 is 6.18 Å². The predicted molar refractivity (Wildman–Crippen MR) is 36.5 cm³/mol. The van der Waals surface area contributed by atoms with Crippen molar-refractivity contribution in [2.75, 3.05) is 5.73 Å². The van der Waals surface area contributed by atoms with Crippen molar-refractivity contribution < 1.29 is 13.2 Å². The van der Waals surface area contributed by atoms with Crippen molar-refractivity contribution >= 4 is 17.4 Å². The minimum absolute atomic E-state index is 0.376. The van der Waals surface area contributed by atoms with E-state index in [2.05, 4.69) is 9.97 Å². The Hall–Kier alpha value is -1.04. The second-order valence-electron chi connectivity index (χ2n) is 1.92. The number of nitrogen functional groups attached to an aromatic ring is 1. The first-order chi connectivity index (χ1) is 5.43. The highest BCUT2D eigenvalue weighted by Crippen LogP contribution is 2.34. The molecule has 12 heavy (non-hydrogen) atoms. The summed E-state index contributed by atoms with van der Waals surface area (Å²) in [4.78, 5) is 6.25. The molecule has 0 aliphatic heterocycles. The van der Waals surface area contributed by atoms with Crippen LogP contribution in [0.2, 0.25) is 5.02 Å². The molecule has 3 nitrogen and oxygen atoms in total. The minimum atomic E-state index is -4.59. The number of nitrogens with two attached hydrogens (primary N) is 1. The maximum Gasteiger partial charge on any atom is 0.435 e. The van der Waals surface area contributed by atoms with Gasteiger partial charge < -0.3 is 5.73 Å². The van der Waals surface area contributed by atoms with E-state index in [1.54, 1.807) is 0 Å². The van der Waals surface area contributed by atoms with Crippen molar-refractivity contribution in [2.24, 2.45) is 0 Å².